The molecule has 1 saturated heterocycles. The number of aromatic amines is 1. The van der Waals surface area contributed by atoms with Gasteiger partial charge in [-0.1, -0.05) is 18.2 Å². The number of carbonyl (C=O) groups excluding carboxylic acids is 1. The average molecular weight is 328 g/mol. The first-order chi connectivity index (χ1) is 11.6. The Bertz CT molecular complexity index is 714. The SMILES string of the molecule is O=C(O)CC1CCN(C(=O)CCCc2c[nH]c3ccccc23)CC1. The lowest BCUT2D eigenvalue weighted by molar-refractivity contribution is -0.138. The standard InChI is InChI=1S/C19H24N2O3/c22-18(21-10-8-14(9-11-21)12-19(23)24)7-3-4-15-13-20-17-6-2-1-5-16(15)17/h1-2,5-6,13-14,20H,3-4,7-12H2,(H,23,24). The van der Waals surface area contributed by atoms with E-state index in [0.717, 1.165) is 31.2 Å². The maximum atomic E-state index is 12.3. The second kappa shape index (κ2) is 7.51. The van der Waals surface area contributed by atoms with E-state index in [0.29, 0.717) is 19.5 Å². The van der Waals surface area contributed by atoms with E-state index < -0.39 is 5.97 Å². The predicted molar refractivity (Wildman–Crippen MR) is 92.8 cm³/mol. The number of carboxylic acid groups (broad SMARTS) is 1. The number of likely N-dealkylation sites (tertiary alicyclic amines) is 1. The van der Waals surface area contributed by atoms with Crippen LogP contribution >= 0.6 is 0 Å². The summed E-state index contributed by atoms with van der Waals surface area (Å²) in [6.07, 6.45) is 6.17. The van der Waals surface area contributed by atoms with Gasteiger partial charge in [0.2, 0.25) is 5.91 Å². The predicted octanol–water partition coefficient (Wildman–Crippen LogP) is 3.20. The second-order valence-corrected chi connectivity index (χ2v) is 6.64. The van der Waals surface area contributed by atoms with Crippen molar-refractivity contribution in [2.45, 2.75) is 38.5 Å². The van der Waals surface area contributed by atoms with Gasteiger partial charge in [0.1, 0.15) is 0 Å². The Kier molecular flexibility index (Phi) is 5.18. The maximum absolute atomic E-state index is 12.3. The number of benzene rings is 1. The molecule has 0 radical (unpaired) electrons. The van der Waals surface area contributed by atoms with E-state index in [1.807, 2.05) is 23.2 Å². The van der Waals surface area contributed by atoms with Crippen molar-refractivity contribution in [3.8, 4) is 0 Å². The molecular formula is C19H24N2O3. The molecule has 24 heavy (non-hydrogen) atoms. The van der Waals surface area contributed by atoms with E-state index in [1.165, 1.54) is 10.9 Å². The first-order valence-electron chi connectivity index (χ1n) is 8.68. The number of hydrogen-bond acceptors (Lipinski definition) is 2. The van der Waals surface area contributed by atoms with Gasteiger partial charge in [0.15, 0.2) is 0 Å². The third-order valence-corrected chi connectivity index (χ3v) is 4.94. The Morgan fingerprint density at radius 1 is 1.21 bits per heavy atom. The van der Waals surface area contributed by atoms with E-state index >= 15 is 0 Å². The van der Waals surface area contributed by atoms with Crippen LogP contribution in [-0.2, 0) is 16.0 Å². The van der Waals surface area contributed by atoms with Crippen LogP contribution in [0.25, 0.3) is 10.9 Å². The summed E-state index contributed by atoms with van der Waals surface area (Å²) in [6, 6.07) is 8.22. The van der Waals surface area contributed by atoms with Gasteiger partial charge >= 0.3 is 5.97 Å². The number of aliphatic carboxylic acids is 1. The number of nitrogens with one attached hydrogen (secondary N) is 1. The highest BCUT2D eigenvalue weighted by Crippen LogP contribution is 2.22. The fraction of sp³-hybridized carbons (Fsp3) is 0.474. The Hall–Kier alpha value is -2.30. The van der Waals surface area contributed by atoms with Gasteiger partial charge in [-0.15, -0.1) is 0 Å². The van der Waals surface area contributed by atoms with Crippen molar-refractivity contribution < 1.29 is 14.7 Å². The van der Waals surface area contributed by atoms with Crippen LogP contribution in [0.2, 0.25) is 0 Å². The van der Waals surface area contributed by atoms with Crippen LogP contribution in [0.5, 0.6) is 0 Å². The van der Waals surface area contributed by atoms with Crippen LogP contribution in [0.1, 0.15) is 37.7 Å². The molecule has 1 aliphatic heterocycles. The fourth-order valence-corrected chi connectivity index (χ4v) is 3.56. The number of hydrogen-bond donors (Lipinski definition) is 2. The lowest BCUT2D eigenvalue weighted by Gasteiger charge is -2.31. The minimum absolute atomic E-state index is 0.198. The molecule has 2 heterocycles. The van der Waals surface area contributed by atoms with Gasteiger partial charge in [-0.05, 0) is 43.2 Å². The molecule has 0 aliphatic carbocycles. The van der Waals surface area contributed by atoms with E-state index in [4.69, 9.17) is 5.11 Å². The summed E-state index contributed by atoms with van der Waals surface area (Å²) in [7, 11) is 0. The average Bonchev–Trinajstić information content (AvgIpc) is 2.98. The summed E-state index contributed by atoms with van der Waals surface area (Å²) < 4.78 is 0. The molecule has 1 aromatic heterocycles. The molecule has 0 unspecified atom stereocenters. The van der Waals surface area contributed by atoms with Gasteiger partial charge in [0, 0.05) is 43.0 Å². The molecule has 5 heteroatoms. The van der Waals surface area contributed by atoms with Gasteiger partial charge in [-0.25, -0.2) is 0 Å². The Balaban J connectivity index is 1.44. The number of para-hydroxylation sites is 1. The minimum atomic E-state index is -0.737. The van der Waals surface area contributed by atoms with Gasteiger partial charge in [0.05, 0.1) is 0 Å². The molecule has 1 aliphatic rings. The number of aryl methyl sites for hydroxylation is 1. The zero-order valence-corrected chi connectivity index (χ0v) is 13.8. The summed E-state index contributed by atoms with van der Waals surface area (Å²) in [5, 5.41) is 10.1. The highest BCUT2D eigenvalue weighted by atomic mass is 16.4. The lowest BCUT2D eigenvalue weighted by Crippen LogP contribution is -2.38. The first-order valence-corrected chi connectivity index (χ1v) is 8.68. The number of aromatic nitrogens is 1. The monoisotopic (exact) mass is 328 g/mol. The number of fused-ring (bicyclic) bond motifs is 1. The first kappa shape index (κ1) is 16.6. The van der Waals surface area contributed by atoms with Crippen molar-refractivity contribution in [1.29, 1.82) is 0 Å². The minimum Gasteiger partial charge on any atom is -0.481 e. The van der Waals surface area contributed by atoms with E-state index in [2.05, 4.69) is 17.1 Å². The topological polar surface area (TPSA) is 73.4 Å². The molecule has 1 fully saturated rings. The van der Waals surface area contributed by atoms with E-state index in [9.17, 15) is 9.59 Å². The molecule has 2 N–H and O–H groups in total. The number of carbonyl (C=O) groups is 2. The number of amides is 1. The van der Waals surface area contributed by atoms with E-state index in [1.54, 1.807) is 0 Å². The van der Waals surface area contributed by atoms with Crippen LogP contribution in [0.4, 0.5) is 0 Å². The third-order valence-electron chi connectivity index (χ3n) is 4.94. The van der Waals surface area contributed by atoms with Crippen LogP contribution < -0.4 is 0 Å². The zero-order chi connectivity index (χ0) is 16.9. The molecule has 0 atom stereocenters. The van der Waals surface area contributed by atoms with Gasteiger partial charge < -0.3 is 15.0 Å². The van der Waals surface area contributed by atoms with Crippen LogP contribution in [0, 0.1) is 5.92 Å². The van der Waals surface area contributed by atoms with Crippen LogP contribution in [0.15, 0.2) is 30.5 Å². The summed E-state index contributed by atoms with van der Waals surface area (Å²) in [5.74, 6) is -0.320. The largest absolute Gasteiger partial charge is 0.481 e. The highest BCUT2D eigenvalue weighted by molar-refractivity contribution is 5.83. The number of H-pyrrole nitrogens is 1. The molecular weight excluding hydrogens is 304 g/mol. The Morgan fingerprint density at radius 3 is 2.71 bits per heavy atom. The smallest absolute Gasteiger partial charge is 0.303 e. The van der Waals surface area contributed by atoms with Crippen molar-refractivity contribution in [3.05, 3.63) is 36.0 Å². The highest BCUT2D eigenvalue weighted by Gasteiger charge is 2.23. The van der Waals surface area contributed by atoms with Crippen molar-refractivity contribution in [1.82, 2.24) is 9.88 Å². The van der Waals surface area contributed by atoms with E-state index in [-0.39, 0.29) is 18.2 Å². The summed E-state index contributed by atoms with van der Waals surface area (Å²) in [4.78, 5) is 28.2. The molecule has 5 nitrogen and oxygen atoms in total. The number of rotatable bonds is 6. The molecule has 0 bridgehead atoms. The van der Waals surface area contributed by atoms with Gasteiger partial charge in [0.25, 0.3) is 0 Å². The van der Waals surface area contributed by atoms with Crippen LogP contribution in [-0.4, -0.2) is 40.0 Å². The summed E-state index contributed by atoms with van der Waals surface area (Å²) in [6.45, 7) is 1.40. The van der Waals surface area contributed by atoms with Crippen LogP contribution in [0.3, 0.4) is 0 Å². The fourth-order valence-electron chi connectivity index (χ4n) is 3.56. The van der Waals surface area contributed by atoms with Gasteiger partial charge in [-0.2, -0.15) is 0 Å². The zero-order valence-electron chi connectivity index (χ0n) is 13.8. The number of carboxylic acids is 1. The summed E-state index contributed by atoms with van der Waals surface area (Å²) >= 11 is 0. The number of nitrogens with zero attached hydrogens (tertiary/aromatic N) is 1. The molecule has 128 valence electrons. The molecule has 1 aromatic carbocycles. The third kappa shape index (κ3) is 3.96. The maximum Gasteiger partial charge on any atom is 0.303 e. The van der Waals surface area contributed by atoms with Crippen molar-refractivity contribution in [3.63, 3.8) is 0 Å². The quantitative estimate of drug-likeness (QED) is 0.855. The second-order valence-electron chi connectivity index (χ2n) is 6.64. The molecule has 1 amide bonds. The normalized spacial score (nSPS) is 15.8. The Labute approximate surface area is 141 Å². The van der Waals surface area contributed by atoms with Crippen molar-refractivity contribution in [2.75, 3.05) is 13.1 Å². The van der Waals surface area contributed by atoms with Crippen molar-refractivity contribution in [2.24, 2.45) is 5.92 Å². The molecule has 2 aromatic rings. The van der Waals surface area contributed by atoms with Crippen molar-refractivity contribution >= 4 is 22.8 Å². The summed E-state index contributed by atoms with van der Waals surface area (Å²) in [5.41, 5.74) is 2.40. The lowest BCUT2D eigenvalue weighted by atomic mass is 9.93. The molecule has 0 spiro atoms. The number of piperidine rings is 1. The molecule has 3 rings (SSSR count). The van der Waals surface area contributed by atoms with Gasteiger partial charge in [-0.3, -0.25) is 9.59 Å². The molecule has 0 saturated carbocycles. The Morgan fingerprint density at radius 2 is 1.96 bits per heavy atom.